The Morgan fingerprint density at radius 1 is 0.340 bits per heavy atom. The van der Waals surface area contributed by atoms with Crippen LogP contribution in [-0.4, -0.2) is 15.0 Å². The Morgan fingerprint density at radius 2 is 0.957 bits per heavy atom. The van der Waals surface area contributed by atoms with Crippen LogP contribution in [-0.2, 0) is 0 Å². The second-order valence-corrected chi connectivity index (χ2v) is 12.0. The molecule has 0 unspecified atom stereocenters. The topological polar surface area (TPSA) is 51.8 Å². The summed E-state index contributed by atoms with van der Waals surface area (Å²) in [6, 6.07) is 52.7. The highest BCUT2D eigenvalue weighted by atomic mass is 16.3. The molecule has 0 N–H and O–H groups in total. The Balaban J connectivity index is 1.23. The predicted octanol–water partition coefficient (Wildman–Crippen LogP) is 11.2. The maximum absolute atomic E-state index is 6.53. The number of benzene rings is 7. The van der Waals surface area contributed by atoms with Gasteiger partial charge in [0.1, 0.15) is 11.2 Å². The Morgan fingerprint density at radius 3 is 1.68 bits per heavy atom. The molecule has 0 saturated heterocycles. The van der Waals surface area contributed by atoms with E-state index in [4.69, 9.17) is 19.4 Å². The largest absolute Gasteiger partial charge is 0.456 e. The second kappa shape index (κ2) is 10.1. The molecular weight excluding hydrogens is 574 g/mol. The van der Waals surface area contributed by atoms with Crippen LogP contribution >= 0.6 is 0 Å². The third-order valence-corrected chi connectivity index (χ3v) is 9.26. The van der Waals surface area contributed by atoms with Crippen LogP contribution in [0.25, 0.3) is 100 Å². The van der Waals surface area contributed by atoms with Crippen molar-refractivity contribution >= 4 is 32.7 Å². The van der Waals surface area contributed by atoms with Gasteiger partial charge in [-0.05, 0) is 68.4 Å². The molecule has 0 aliphatic heterocycles. The van der Waals surface area contributed by atoms with Gasteiger partial charge in [-0.3, -0.25) is 0 Å². The van der Waals surface area contributed by atoms with Crippen molar-refractivity contribution in [3.63, 3.8) is 0 Å². The van der Waals surface area contributed by atoms with Gasteiger partial charge in [-0.1, -0.05) is 127 Å². The number of aromatic nitrogens is 3. The maximum Gasteiger partial charge on any atom is 0.164 e. The summed E-state index contributed by atoms with van der Waals surface area (Å²) in [7, 11) is 0. The van der Waals surface area contributed by atoms with E-state index in [0.29, 0.717) is 17.5 Å². The maximum atomic E-state index is 6.53. The first-order valence-corrected chi connectivity index (χ1v) is 15.8. The van der Waals surface area contributed by atoms with Gasteiger partial charge in [0.05, 0.1) is 0 Å². The van der Waals surface area contributed by atoms with E-state index in [-0.39, 0.29) is 0 Å². The van der Waals surface area contributed by atoms with E-state index in [2.05, 4.69) is 72.8 Å². The van der Waals surface area contributed by atoms with Gasteiger partial charge in [0.15, 0.2) is 17.5 Å². The third-order valence-electron chi connectivity index (χ3n) is 9.26. The van der Waals surface area contributed by atoms with Gasteiger partial charge in [-0.15, -0.1) is 0 Å². The van der Waals surface area contributed by atoms with Gasteiger partial charge in [0, 0.05) is 27.5 Å². The lowest BCUT2D eigenvalue weighted by molar-refractivity contribution is 0.669. The summed E-state index contributed by atoms with van der Waals surface area (Å²) in [5, 5.41) is 4.61. The lowest BCUT2D eigenvalue weighted by Gasteiger charge is -2.12. The SMILES string of the molecule is c1ccc(-c2nc(-c3ccccc3)nc(-c3cc(-c4ccc5c(c4)-c4cccc6cccc-5c46)cc4oc5ccccc5c34)n2)cc1. The summed E-state index contributed by atoms with van der Waals surface area (Å²) < 4.78 is 6.53. The molecular formula is C43H25N3O. The summed E-state index contributed by atoms with van der Waals surface area (Å²) in [5.41, 5.74) is 11.6. The normalized spacial score (nSPS) is 11.8. The Labute approximate surface area is 270 Å². The monoisotopic (exact) mass is 599 g/mol. The molecule has 0 atom stereocenters. The molecule has 4 heteroatoms. The number of hydrogen-bond donors (Lipinski definition) is 0. The van der Waals surface area contributed by atoms with E-state index in [1.54, 1.807) is 0 Å². The van der Waals surface area contributed by atoms with Crippen molar-refractivity contribution in [3.8, 4) is 67.5 Å². The number of furan rings is 1. The molecule has 1 aliphatic rings. The van der Waals surface area contributed by atoms with Crippen molar-refractivity contribution in [2.75, 3.05) is 0 Å². The smallest absolute Gasteiger partial charge is 0.164 e. The average molecular weight is 600 g/mol. The van der Waals surface area contributed by atoms with Crippen LogP contribution in [0.5, 0.6) is 0 Å². The highest BCUT2D eigenvalue weighted by Gasteiger charge is 2.23. The third kappa shape index (κ3) is 4.05. The van der Waals surface area contributed by atoms with Crippen LogP contribution in [0.4, 0.5) is 0 Å². The Hall–Kier alpha value is -6.39. The fourth-order valence-corrected chi connectivity index (χ4v) is 7.10. The number of para-hydroxylation sites is 1. The van der Waals surface area contributed by atoms with Crippen molar-refractivity contribution in [3.05, 3.63) is 152 Å². The van der Waals surface area contributed by atoms with Crippen LogP contribution in [0.2, 0.25) is 0 Å². The molecule has 4 nitrogen and oxygen atoms in total. The molecule has 0 amide bonds. The zero-order chi connectivity index (χ0) is 30.9. The van der Waals surface area contributed by atoms with Crippen LogP contribution in [0.15, 0.2) is 156 Å². The van der Waals surface area contributed by atoms with Crippen molar-refractivity contribution in [2.24, 2.45) is 0 Å². The summed E-state index contributed by atoms with van der Waals surface area (Å²) in [4.78, 5) is 15.2. The van der Waals surface area contributed by atoms with E-state index in [0.717, 1.165) is 49.8 Å². The van der Waals surface area contributed by atoms with E-state index < -0.39 is 0 Å². The Kier molecular flexibility index (Phi) is 5.54. The molecule has 0 fully saturated rings. The summed E-state index contributed by atoms with van der Waals surface area (Å²) in [6.07, 6.45) is 0. The first kappa shape index (κ1) is 25.9. The fraction of sp³-hybridized carbons (Fsp3) is 0. The molecule has 0 saturated carbocycles. The molecule has 1 aliphatic carbocycles. The van der Waals surface area contributed by atoms with Crippen LogP contribution in [0, 0.1) is 0 Å². The number of hydrogen-bond acceptors (Lipinski definition) is 4. The van der Waals surface area contributed by atoms with Gasteiger partial charge >= 0.3 is 0 Å². The second-order valence-electron chi connectivity index (χ2n) is 12.0. The molecule has 218 valence electrons. The van der Waals surface area contributed by atoms with Gasteiger partial charge in [0.25, 0.3) is 0 Å². The van der Waals surface area contributed by atoms with Crippen LogP contribution in [0.3, 0.4) is 0 Å². The van der Waals surface area contributed by atoms with Gasteiger partial charge in [-0.2, -0.15) is 0 Å². The molecule has 10 rings (SSSR count). The molecule has 0 radical (unpaired) electrons. The number of nitrogens with zero attached hydrogens (tertiary/aromatic N) is 3. The minimum atomic E-state index is 0.606. The van der Waals surface area contributed by atoms with Crippen molar-refractivity contribution < 1.29 is 4.42 Å². The van der Waals surface area contributed by atoms with Crippen LogP contribution < -0.4 is 0 Å². The standard InChI is InChI=1S/C43H25N3O/c1-3-11-27(12-4-1)41-44-42(28-13-5-2-6-14-28)46-43(45-41)36-24-30(25-38-40(36)34-17-7-8-20-37(34)47-38)29-21-22-31-32-18-9-15-26-16-10-19-33(39(26)32)35(31)23-29/h1-25H. The average Bonchev–Trinajstić information content (AvgIpc) is 3.68. The van der Waals surface area contributed by atoms with Crippen LogP contribution in [0.1, 0.15) is 0 Å². The molecule has 2 aromatic heterocycles. The van der Waals surface area contributed by atoms with Crippen molar-refractivity contribution in [2.45, 2.75) is 0 Å². The van der Waals surface area contributed by atoms with Gasteiger partial charge in [-0.25, -0.2) is 15.0 Å². The van der Waals surface area contributed by atoms with Gasteiger partial charge in [0.2, 0.25) is 0 Å². The Bertz CT molecular complexity index is 2610. The summed E-state index contributed by atoms with van der Waals surface area (Å²) in [6.45, 7) is 0. The minimum Gasteiger partial charge on any atom is -0.456 e. The predicted molar refractivity (Wildman–Crippen MR) is 191 cm³/mol. The van der Waals surface area contributed by atoms with E-state index in [9.17, 15) is 0 Å². The summed E-state index contributed by atoms with van der Waals surface area (Å²) >= 11 is 0. The van der Waals surface area contributed by atoms with Gasteiger partial charge < -0.3 is 4.42 Å². The summed E-state index contributed by atoms with van der Waals surface area (Å²) in [5.74, 6) is 1.86. The lowest BCUT2D eigenvalue weighted by atomic mass is 9.94. The highest BCUT2D eigenvalue weighted by molar-refractivity contribution is 6.16. The quantitative estimate of drug-likeness (QED) is 0.202. The zero-order valence-electron chi connectivity index (χ0n) is 25.2. The van der Waals surface area contributed by atoms with E-state index >= 15 is 0 Å². The molecule has 7 aromatic carbocycles. The van der Waals surface area contributed by atoms with Crippen molar-refractivity contribution in [1.29, 1.82) is 0 Å². The van der Waals surface area contributed by atoms with E-state index in [1.807, 2.05) is 78.9 Å². The molecule has 47 heavy (non-hydrogen) atoms. The zero-order valence-corrected chi connectivity index (χ0v) is 25.2. The minimum absolute atomic E-state index is 0.606. The van der Waals surface area contributed by atoms with E-state index in [1.165, 1.54) is 33.0 Å². The molecule has 0 spiro atoms. The molecule has 2 heterocycles. The molecule has 0 bridgehead atoms. The fourth-order valence-electron chi connectivity index (χ4n) is 7.10. The highest BCUT2D eigenvalue weighted by Crippen LogP contribution is 2.49. The molecule has 9 aromatic rings. The first-order chi connectivity index (χ1) is 23.3. The van der Waals surface area contributed by atoms with Crippen molar-refractivity contribution in [1.82, 2.24) is 15.0 Å². The number of rotatable bonds is 4. The number of fused-ring (bicyclic) bond motifs is 6. The first-order valence-electron chi connectivity index (χ1n) is 15.8. The lowest BCUT2D eigenvalue weighted by Crippen LogP contribution is -2.00.